The van der Waals surface area contributed by atoms with Crippen molar-refractivity contribution in [3.8, 4) is 5.88 Å². The third-order valence-corrected chi connectivity index (χ3v) is 7.31. The van der Waals surface area contributed by atoms with Crippen molar-refractivity contribution in [2.24, 2.45) is 0 Å². The highest BCUT2D eigenvalue weighted by Crippen LogP contribution is 2.26. The van der Waals surface area contributed by atoms with Crippen LogP contribution in [-0.2, 0) is 16.4 Å². The van der Waals surface area contributed by atoms with Gasteiger partial charge in [-0.1, -0.05) is 42.0 Å². The van der Waals surface area contributed by atoms with Gasteiger partial charge in [0.1, 0.15) is 5.75 Å². The summed E-state index contributed by atoms with van der Waals surface area (Å²) in [7, 11) is -2.53. The Hall–Kier alpha value is -3.45. The molecule has 0 bridgehead atoms. The molecule has 33 heavy (non-hydrogen) atoms. The molecule has 0 saturated heterocycles. The second-order valence-corrected chi connectivity index (χ2v) is 10.2. The lowest BCUT2D eigenvalue weighted by atomic mass is 9.99. The van der Waals surface area contributed by atoms with Gasteiger partial charge in [0.25, 0.3) is 0 Å². The van der Waals surface area contributed by atoms with Gasteiger partial charge < -0.3 is 9.30 Å². The smallest absolute Gasteiger partial charge is 0.214 e. The van der Waals surface area contributed by atoms with Gasteiger partial charge in [-0.05, 0) is 55.7 Å². The predicted molar refractivity (Wildman–Crippen MR) is 129 cm³/mol. The number of aromatic nitrogens is 2. The van der Waals surface area contributed by atoms with Crippen LogP contribution in [0.15, 0.2) is 65.7 Å². The topological polar surface area (TPSA) is 78.3 Å². The number of sulfone groups is 1. The van der Waals surface area contributed by atoms with Gasteiger partial charge in [0.05, 0.1) is 12.8 Å². The van der Waals surface area contributed by atoms with Gasteiger partial charge in [-0.3, -0.25) is 4.79 Å². The van der Waals surface area contributed by atoms with E-state index in [1.165, 1.54) is 18.7 Å². The van der Waals surface area contributed by atoms with Crippen molar-refractivity contribution >= 4 is 26.5 Å². The maximum Gasteiger partial charge on any atom is 0.214 e. The van der Waals surface area contributed by atoms with E-state index in [1.54, 1.807) is 18.2 Å². The summed E-state index contributed by atoms with van der Waals surface area (Å²) in [6, 6.07) is 18.2. The quantitative estimate of drug-likeness (QED) is 0.373. The number of hydrogen-bond acceptors (Lipinski definition) is 5. The Balaban J connectivity index is 1.76. The average molecular weight is 463 g/mol. The number of pyridine rings is 1. The molecule has 0 unspecified atom stereocenters. The van der Waals surface area contributed by atoms with E-state index in [4.69, 9.17) is 4.74 Å². The highest BCUT2D eigenvalue weighted by Gasteiger charge is 2.25. The Morgan fingerprint density at radius 1 is 0.970 bits per heavy atom. The molecule has 0 atom stereocenters. The predicted octanol–water partition coefficient (Wildman–Crippen LogP) is 4.68. The maximum atomic E-state index is 13.3. The van der Waals surface area contributed by atoms with E-state index in [1.807, 2.05) is 28.8 Å². The van der Waals surface area contributed by atoms with Crippen LogP contribution >= 0.6 is 0 Å². The largest absolute Gasteiger partial charge is 0.481 e. The molecule has 6 nitrogen and oxygen atoms in total. The molecule has 0 amide bonds. The Morgan fingerprint density at radius 2 is 1.67 bits per heavy atom. The maximum absolute atomic E-state index is 13.3. The summed E-state index contributed by atoms with van der Waals surface area (Å²) in [6.45, 7) is 6.65. The van der Waals surface area contributed by atoms with Gasteiger partial charge >= 0.3 is 0 Å². The van der Waals surface area contributed by atoms with Crippen molar-refractivity contribution in [1.82, 2.24) is 9.55 Å². The van der Waals surface area contributed by atoms with E-state index in [0.717, 1.165) is 27.6 Å². The SMILES string of the molecule is COc1cccc(S(=O)(=O)CC(=O)c2cc3ccccc3n2Cc2c(C)cc(C)cc2C)n1. The molecule has 0 aliphatic carbocycles. The Kier molecular flexibility index (Phi) is 6.08. The molecule has 0 aliphatic rings. The van der Waals surface area contributed by atoms with Crippen LogP contribution in [0.3, 0.4) is 0 Å². The first-order chi connectivity index (χ1) is 15.7. The third kappa shape index (κ3) is 4.54. The monoisotopic (exact) mass is 462 g/mol. The molecule has 170 valence electrons. The number of carbonyl (C=O) groups excluding carboxylic acids is 1. The van der Waals surface area contributed by atoms with Crippen LogP contribution < -0.4 is 4.74 Å². The molecule has 0 spiro atoms. The van der Waals surface area contributed by atoms with Crippen LogP contribution in [0, 0.1) is 20.8 Å². The number of Topliss-reactive ketones (excluding diaryl/α,β-unsaturated/α-hetero) is 1. The van der Waals surface area contributed by atoms with Crippen LogP contribution in [0.25, 0.3) is 10.9 Å². The summed E-state index contributed by atoms with van der Waals surface area (Å²) in [6.07, 6.45) is 0. The molecule has 0 aliphatic heterocycles. The molecule has 4 aromatic rings. The number of fused-ring (bicyclic) bond motifs is 1. The van der Waals surface area contributed by atoms with Crippen molar-refractivity contribution in [1.29, 1.82) is 0 Å². The van der Waals surface area contributed by atoms with Gasteiger partial charge in [0.2, 0.25) is 15.7 Å². The fourth-order valence-electron chi connectivity index (χ4n) is 4.23. The average Bonchev–Trinajstić information content (AvgIpc) is 3.14. The Morgan fingerprint density at radius 3 is 2.36 bits per heavy atom. The Bertz CT molecular complexity index is 1450. The van der Waals surface area contributed by atoms with E-state index in [9.17, 15) is 13.2 Å². The number of rotatable bonds is 7. The second-order valence-electron chi connectivity index (χ2n) is 8.25. The zero-order chi connectivity index (χ0) is 23.8. The minimum Gasteiger partial charge on any atom is -0.481 e. The zero-order valence-corrected chi connectivity index (χ0v) is 19.9. The number of aryl methyl sites for hydroxylation is 3. The minimum atomic E-state index is -3.94. The number of hydrogen-bond donors (Lipinski definition) is 0. The molecule has 2 heterocycles. The molecular weight excluding hydrogens is 436 g/mol. The van der Waals surface area contributed by atoms with Crippen LogP contribution in [-0.4, -0.2) is 36.6 Å². The number of carbonyl (C=O) groups is 1. The van der Waals surface area contributed by atoms with Gasteiger partial charge in [-0.25, -0.2) is 13.4 Å². The first-order valence-corrected chi connectivity index (χ1v) is 12.3. The number of methoxy groups -OCH3 is 1. The fourth-order valence-corrected chi connectivity index (χ4v) is 5.39. The van der Waals surface area contributed by atoms with E-state index in [2.05, 4.69) is 37.9 Å². The van der Waals surface area contributed by atoms with E-state index in [0.29, 0.717) is 12.2 Å². The molecule has 0 fully saturated rings. The first kappa shape index (κ1) is 22.7. The molecular formula is C26H26N2O4S. The second kappa shape index (κ2) is 8.83. The molecule has 0 saturated carbocycles. The number of nitrogens with zero attached hydrogens (tertiary/aromatic N) is 2. The first-order valence-electron chi connectivity index (χ1n) is 10.6. The third-order valence-electron chi connectivity index (χ3n) is 5.80. The summed E-state index contributed by atoms with van der Waals surface area (Å²) in [5.41, 5.74) is 5.82. The summed E-state index contributed by atoms with van der Waals surface area (Å²) >= 11 is 0. The molecule has 0 N–H and O–H groups in total. The minimum absolute atomic E-state index is 0.178. The van der Waals surface area contributed by atoms with E-state index < -0.39 is 21.4 Å². The van der Waals surface area contributed by atoms with Crippen molar-refractivity contribution in [3.63, 3.8) is 0 Å². The van der Waals surface area contributed by atoms with Gasteiger partial charge in [-0.15, -0.1) is 0 Å². The van der Waals surface area contributed by atoms with Crippen molar-refractivity contribution in [3.05, 3.63) is 88.6 Å². The van der Waals surface area contributed by atoms with Gasteiger partial charge in [-0.2, -0.15) is 0 Å². The highest BCUT2D eigenvalue weighted by atomic mass is 32.2. The molecule has 4 rings (SSSR count). The van der Waals surface area contributed by atoms with Gasteiger partial charge in [0.15, 0.2) is 10.8 Å². The molecule has 7 heteroatoms. The molecule has 0 radical (unpaired) electrons. The molecule has 2 aromatic carbocycles. The number of ether oxygens (including phenoxy) is 1. The Labute approximate surface area is 193 Å². The lowest BCUT2D eigenvalue weighted by molar-refractivity contribution is 0.101. The van der Waals surface area contributed by atoms with Crippen molar-refractivity contribution in [2.45, 2.75) is 32.3 Å². The lowest BCUT2D eigenvalue weighted by Crippen LogP contribution is -2.21. The zero-order valence-electron chi connectivity index (χ0n) is 19.1. The summed E-state index contributed by atoms with van der Waals surface area (Å²) in [4.78, 5) is 17.3. The number of benzene rings is 2. The van der Waals surface area contributed by atoms with Crippen molar-refractivity contribution < 1.29 is 17.9 Å². The number of ketones is 1. The summed E-state index contributed by atoms with van der Waals surface area (Å²) < 4.78 is 32.9. The number of para-hydroxylation sites is 1. The summed E-state index contributed by atoms with van der Waals surface area (Å²) in [5.74, 6) is -0.962. The van der Waals surface area contributed by atoms with Crippen LogP contribution in [0.5, 0.6) is 5.88 Å². The normalized spacial score (nSPS) is 11.6. The van der Waals surface area contributed by atoms with E-state index in [-0.39, 0.29) is 10.9 Å². The van der Waals surface area contributed by atoms with Crippen LogP contribution in [0.1, 0.15) is 32.7 Å². The standard InChI is InChI=1S/C26H26N2O4S/c1-17-12-18(2)21(19(3)13-17)15-28-22-9-6-5-8-20(22)14-23(28)24(29)16-33(30,31)26-11-7-10-25(27-26)32-4/h5-14H,15-16H2,1-4H3. The van der Waals surface area contributed by atoms with Gasteiger partial charge in [0, 0.05) is 23.5 Å². The highest BCUT2D eigenvalue weighted by molar-refractivity contribution is 7.92. The molecule has 2 aromatic heterocycles. The lowest BCUT2D eigenvalue weighted by Gasteiger charge is -2.16. The van der Waals surface area contributed by atoms with E-state index >= 15 is 0 Å². The van der Waals surface area contributed by atoms with Crippen LogP contribution in [0.2, 0.25) is 0 Å². The summed E-state index contributed by atoms with van der Waals surface area (Å²) in [5, 5.41) is 0.711. The fraction of sp³-hybridized carbons (Fsp3) is 0.231. The van der Waals surface area contributed by atoms with Crippen molar-refractivity contribution in [2.75, 3.05) is 12.9 Å². The van der Waals surface area contributed by atoms with Crippen LogP contribution in [0.4, 0.5) is 0 Å².